The number of amides is 1. The highest BCUT2D eigenvalue weighted by molar-refractivity contribution is 8.76. The molecule has 9 N–H and O–H groups in total. The maximum absolute atomic E-state index is 12.4. The van der Waals surface area contributed by atoms with Gasteiger partial charge < -0.3 is 37.7 Å². The molecular weight excluding hydrogens is 548 g/mol. The number of nitrogens with two attached hydrogens (primary N) is 4. The quantitative estimate of drug-likeness (QED) is 0.0726. The maximum Gasteiger partial charge on any atom is 0.221 e. The molecule has 1 heterocycles. The monoisotopic (exact) mass is 582 g/mol. The molecule has 40 heavy (non-hydrogen) atoms. The fraction of sp³-hybridized carbons (Fsp3) is 0.259. The smallest absolute Gasteiger partial charge is 0.221 e. The molecule has 212 valence electrons. The number of aromatic nitrogens is 1. The van der Waals surface area contributed by atoms with Crippen molar-refractivity contribution in [1.29, 1.82) is 0 Å². The third-order valence-corrected chi connectivity index (χ3v) is 7.44. The summed E-state index contributed by atoms with van der Waals surface area (Å²) in [6.07, 6.45) is 2.16. The number of ether oxygens (including phenoxy) is 2. The van der Waals surface area contributed by atoms with Gasteiger partial charge in [0, 0.05) is 30.5 Å². The molecule has 0 spiro atoms. The van der Waals surface area contributed by atoms with Gasteiger partial charge in [0.25, 0.3) is 0 Å². The van der Waals surface area contributed by atoms with Crippen LogP contribution in [-0.2, 0) is 11.3 Å². The lowest BCUT2D eigenvalue weighted by Gasteiger charge is -2.15. The molecule has 0 fully saturated rings. The van der Waals surface area contributed by atoms with Crippen molar-refractivity contribution in [1.82, 2.24) is 10.3 Å². The summed E-state index contributed by atoms with van der Waals surface area (Å²) in [4.78, 5) is 24.6. The van der Waals surface area contributed by atoms with Gasteiger partial charge in [-0.25, -0.2) is 4.98 Å². The number of nitrogens with one attached hydrogen (secondary N) is 1. The predicted octanol–water partition coefficient (Wildman–Crippen LogP) is 2.50. The van der Waals surface area contributed by atoms with Gasteiger partial charge in [0.15, 0.2) is 11.9 Å². The second-order valence-electron chi connectivity index (χ2n) is 8.27. The van der Waals surface area contributed by atoms with Crippen LogP contribution in [0.3, 0.4) is 0 Å². The van der Waals surface area contributed by atoms with Crippen LogP contribution in [-0.4, -0.2) is 54.9 Å². The lowest BCUT2D eigenvalue weighted by Crippen LogP contribution is -2.23. The number of aliphatic imine (C=N–C) groups is 2. The molecule has 0 aliphatic carbocycles. The van der Waals surface area contributed by atoms with E-state index in [9.17, 15) is 4.79 Å². The Morgan fingerprint density at radius 2 is 1.68 bits per heavy atom. The number of guanidine groups is 2. The van der Waals surface area contributed by atoms with Crippen molar-refractivity contribution in [3.63, 3.8) is 0 Å². The third-order valence-electron chi connectivity index (χ3n) is 5.17. The molecule has 3 aromatic rings. The minimum atomic E-state index is -0.0237. The molecule has 11 nitrogen and oxygen atoms in total. The van der Waals surface area contributed by atoms with E-state index in [0.29, 0.717) is 56.5 Å². The molecule has 0 saturated heterocycles. The van der Waals surface area contributed by atoms with E-state index in [2.05, 4.69) is 20.3 Å². The van der Waals surface area contributed by atoms with Crippen molar-refractivity contribution in [2.75, 3.05) is 32.1 Å². The molecule has 0 aliphatic heterocycles. The fourth-order valence-electron chi connectivity index (χ4n) is 3.38. The Kier molecular flexibility index (Phi) is 12.8. The number of hydrogen-bond donors (Lipinski definition) is 5. The molecule has 0 radical (unpaired) electrons. The fourth-order valence-corrected chi connectivity index (χ4v) is 5.25. The van der Waals surface area contributed by atoms with E-state index in [1.807, 2.05) is 60.7 Å². The summed E-state index contributed by atoms with van der Waals surface area (Å²) in [5, 5.41) is 3.91. The molecule has 1 aromatic heterocycles. The lowest BCUT2D eigenvalue weighted by molar-refractivity contribution is -0.120. The van der Waals surface area contributed by atoms with E-state index in [0.717, 1.165) is 21.7 Å². The highest BCUT2D eigenvalue weighted by atomic mass is 33.1. The van der Waals surface area contributed by atoms with Crippen molar-refractivity contribution < 1.29 is 14.3 Å². The Bertz CT molecular complexity index is 1280. The SMILES string of the molecule is NC(N)=NCCOc1cccc(-c2cc(CNC(=O)CCSSc3ccccn3)ccc2OCCN=C(N)N)c1. The summed E-state index contributed by atoms with van der Waals surface area (Å²) in [7, 11) is 3.16. The number of carbonyl (C=O) groups excluding carboxylic acids is 1. The highest BCUT2D eigenvalue weighted by Gasteiger charge is 2.11. The number of carbonyl (C=O) groups is 1. The number of nitrogens with zero attached hydrogens (tertiary/aromatic N) is 3. The molecule has 13 heteroatoms. The van der Waals surface area contributed by atoms with Crippen LogP contribution in [0.2, 0.25) is 0 Å². The lowest BCUT2D eigenvalue weighted by atomic mass is 10.0. The van der Waals surface area contributed by atoms with Crippen LogP contribution in [0.4, 0.5) is 0 Å². The number of hydrogen-bond acceptors (Lipinski definition) is 8. The molecule has 0 atom stereocenters. The number of rotatable bonds is 16. The van der Waals surface area contributed by atoms with Crippen LogP contribution < -0.4 is 37.7 Å². The standard InChI is InChI=1S/C27H34N8O3S2/c28-26(29)33-11-13-37-21-5-3-4-20(17-21)22-16-19(7-8-23(22)38-14-12-34-27(30)31)18-35-24(36)9-15-39-40-25-6-1-2-10-32-25/h1-8,10,16-17H,9,11-15,18H2,(H,35,36)(H4,28,29,33)(H4,30,31,34). The molecule has 0 saturated carbocycles. The summed E-state index contributed by atoms with van der Waals surface area (Å²) < 4.78 is 11.8. The van der Waals surface area contributed by atoms with Crippen molar-refractivity contribution in [3.8, 4) is 22.6 Å². The van der Waals surface area contributed by atoms with Crippen LogP contribution in [0.5, 0.6) is 11.5 Å². The van der Waals surface area contributed by atoms with Crippen LogP contribution in [0.25, 0.3) is 11.1 Å². The summed E-state index contributed by atoms with van der Waals surface area (Å²) >= 11 is 0. The van der Waals surface area contributed by atoms with Crippen LogP contribution in [0.15, 0.2) is 81.9 Å². The van der Waals surface area contributed by atoms with Crippen molar-refractivity contribution in [2.24, 2.45) is 32.9 Å². The van der Waals surface area contributed by atoms with Gasteiger partial charge in [0.05, 0.1) is 13.1 Å². The first kappa shape index (κ1) is 30.4. The van der Waals surface area contributed by atoms with E-state index in [-0.39, 0.29) is 17.8 Å². The van der Waals surface area contributed by atoms with E-state index in [4.69, 9.17) is 32.4 Å². The van der Waals surface area contributed by atoms with Gasteiger partial charge in [0.1, 0.15) is 29.7 Å². The number of benzene rings is 2. The van der Waals surface area contributed by atoms with Gasteiger partial charge in [-0.3, -0.25) is 14.8 Å². The topological polar surface area (TPSA) is 189 Å². The van der Waals surface area contributed by atoms with E-state index < -0.39 is 0 Å². The van der Waals surface area contributed by atoms with Crippen molar-refractivity contribution in [3.05, 3.63) is 72.4 Å². The van der Waals surface area contributed by atoms with Gasteiger partial charge in [0.2, 0.25) is 5.91 Å². The highest BCUT2D eigenvalue weighted by Crippen LogP contribution is 2.33. The number of pyridine rings is 1. The molecule has 0 bridgehead atoms. The maximum atomic E-state index is 12.4. The van der Waals surface area contributed by atoms with Gasteiger partial charge >= 0.3 is 0 Å². The predicted molar refractivity (Wildman–Crippen MR) is 163 cm³/mol. The van der Waals surface area contributed by atoms with E-state index in [1.165, 1.54) is 0 Å². The summed E-state index contributed by atoms with van der Waals surface area (Å²) in [5.74, 6) is 2.00. The Morgan fingerprint density at radius 3 is 2.40 bits per heavy atom. The second-order valence-corrected chi connectivity index (χ2v) is 10.7. The molecule has 0 unspecified atom stereocenters. The van der Waals surface area contributed by atoms with Crippen LogP contribution in [0, 0.1) is 0 Å². The molecular formula is C27H34N8O3S2. The average molecular weight is 583 g/mol. The van der Waals surface area contributed by atoms with Gasteiger partial charge in [-0.2, -0.15) is 0 Å². The Morgan fingerprint density at radius 1 is 0.900 bits per heavy atom. The minimum Gasteiger partial charge on any atom is -0.492 e. The Hall–Kier alpha value is -4.10. The Balaban J connectivity index is 1.63. The van der Waals surface area contributed by atoms with Gasteiger partial charge in [-0.1, -0.05) is 35.1 Å². The first-order chi connectivity index (χ1) is 19.4. The first-order valence-electron chi connectivity index (χ1n) is 12.5. The Labute approximate surface area is 241 Å². The van der Waals surface area contributed by atoms with E-state index in [1.54, 1.807) is 27.8 Å². The third kappa shape index (κ3) is 11.3. The van der Waals surface area contributed by atoms with Crippen LogP contribution in [0.1, 0.15) is 12.0 Å². The summed E-state index contributed by atoms with van der Waals surface area (Å²) in [5.41, 5.74) is 24.2. The molecule has 2 aromatic carbocycles. The normalized spacial score (nSPS) is 10.4. The zero-order valence-electron chi connectivity index (χ0n) is 22.0. The van der Waals surface area contributed by atoms with Crippen molar-refractivity contribution >= 4 is 39.4 Å². The van der Waals surface area contributed by atoms with Gasteiger partial charge in [-0.05, 0) is 58.3 Å². The first-order valence-corrected chi connectivity index (χ1v) is 14.8. The van der Waals surface area contributed by atoms with Gasteiger partial charge in [-0.15, -0.1) is 0 Å². The largest absolute Gasteiger partial charge is 0.492 e. The second kappa shape index (κ2) is 16.8. The molecule has 1 amide bonds. The zero-order valence-corrected chi connectivity index (χ0v) is 23.6. The van der Waals surface area contributed by atoms with Crippen molar-refractivity contribution in [2.45, 2.75) is 18.0 Å². The summed E-state index contributed by atoms with van der Waals surface area (Å²) in [6, 6.07) is 19.1. The molecule has 0 aliphatic rings. The average Bonchev–Trinajstić information content (AvgIpc) is 2.95. The van der Waals surface area contributed by atoms with E-state index >= 15 is 0 Å². The summed E-state index contributed by atoms with van der Waals surface area (Å²) in [6.45, 7) is 1.68. The zero-order chi connectivity index (χ0) is 28.6. The minimum absolute atomic E-state index is 0.00853. The molecule has 3 rings (SSSR count). The van der Waals surface area contributed by atoms with Crippen LogP contribution >= 0.6 is 21.6 Å².